The predicted octanol–water partition coefficient (Wildman–Crippen LogP) is 3.01. The SMILES string of the molecule is O=C(Cc1c(F)cccc1Cl)NCC(O)c1ccc(F)cc1. The van der Waals surface area contributed by atoms with E-state index in [-0.39, 0.29) is 23.6 Å². The summed E-state index contributed by atoms with van der Waals surface area (Å²) in [6.45, 7) is -0.0590. The summed E-state index contributed by atoms with van der Waals surface area (Å²) < 4.78 is 26.3. The number of halogens is 3. The molecule has 116 valence electrons. The Kier molecular flexibility index (Phi) is 5.46. The number of aliphatic hydroxyl groups excluding tert-OH is 1. The number of carbonyl (C=O) groups excluding carboxylic acids is 1. The first kappa shape index (κ1) is 16.4. The van der Waals surface area contributed by atoms with Gasteiger partial charge >= 0.3 is 0 Å². The lowest BCUT2D eigenvalue weighted by molar-refractivity contribution is -0.120. The number of benzene rings is 2. The van der Waals surface area contributed by atoms with Crippen LogP contribution in [0.5, 0.6) is 0 Å². The number of rotatable bonds is 5. The molecule has 0 fully saturated rings. The van der Waals surface area contributed by atoms with Crippen LogP contribution < -0.4 is 5.32 Å². The molecule has 22 heavy (non-hydrogen) atoms. The minimum Gasteiger partial charge on any atom is -0.387 e. The predicted molar refractivity (Wildman–Crippen MR) is 79.5 cm³/mol. The van der Waals surface area contributed by atoms with Gasteiger partial charge in [0.1, 0.15) is 11.6 Å². The van der Waals surface area contributed by atoms with E-state index in [0.717, 1.165) is 0 Å². The van der Waals surface area contributed by atoms with E-state index in [2.05, 4.69) is 5.32 Å². The van der Waals surface area contributed by atoms with Gasteiger partial charge in [-0.3, -0.25) is 4.79 Å². The van der Waals surface area contributed by atoms with E-state index < -0.39 is 23.6 Å². The molecule has 0 aliphatic carbocycles. The summed E-state index contributed by atoms with van der Waals surface area (Å²) >= 11 is 5.84. The summed E-state index contributed by atoms with van der Waals surface area (Å²) in [4.78, 5) is 11.8. The molecule has 0 aliphatic heterocycles. The van der Waals surface area contributed by atoms with E-state index >= 15 is 0 Å². The first-order chi connectivity index (χ1) is 10.5. The molecule has 0 saturated carbocycles. The molecular weight excluding hydrogens is 312 g/mol. The number of hydrogen-bond donors (Lipinski definition) is 2. The molecule has 0 bridgehead atoms. The Bertz CT molecular complexity index is 641. The molecule has 2 aromatic carbocycles. The average Bonchev–Trinajstić information content (AvgIpc) is 2.49. The maximum atomic E-state index is 13.6. The van der Waals surface area contributed by atoms with Gasteiger partial charge in [-0.25, -0.2) is 8.78 Å². The van der Waals surface area contributed by atoms with Crippen LogP contribution in [0.4, 0.5) is 8.78 Å². The first-order valence-corrected chi connectivity index (χ1v) is 6.98. The Morgan fingerprint density at radius 1 is 1.18 bits per heavy atom. The lowest BCUT2D eigenvalue weighted by Gasteiger charge is -2.13. The molecule has 0 radical (unpaired) electrons. The molecule has 0 heterocycles. The van der Waals surface area contributed by atoms with Crippen LogP contribution in [0, 0.1) is 11.6 Å². The summed E-state index contributed by atoms with van der Waals surface area (Å²) in [6.07, 6.45) is -1.19. The van der Waals surface area contributed by atoms with E-state index in [9.17, 15) is 18.7 Å². The van der Waals surface area contributed by atoms with Crippen LogP contribution >= 0.6 is 11.6 Å². The van der Waals surface area contributed by atoms with Gasteiger partial charge in [0.15, 0.2) is 0 Å². The summed E-state index contributed by atoms with van der Waals surface area (Å²) in [5.74, 6) is -1.43. The van der Waals surface area contributed by atoms with Gasteiger partial charge < -0.3 is 10.4 Å². The van der Waals surface area contributed by atoms with Gasteiger partial charge in [-0.15, -0.1) is 0 Å². The molecule has 0 aliphatic rings. The summed E-state index contributed by atoms with van der Waals surface area (Å²) in [7, 11) is 0. The molecule has 0 aromatic heterocycles. The summed E-state index contributed by atoms with van der Waals surface area (Å²) in [6, 6.07) is 9.48. The van der Waals surface area contributed by atoms with E-state index in [1.807, 2.05) is 0 Å². The summed E-state index contributed by atoms with van der Waals surface area (Å²) in [5.41, 5.74) is 0.587. The maximum Gasteiger partial charge on any atom is 0.224 e. The van der Waals surface area contributed by atoms with E-state index in [1.54, 1.807) is 0 Å². The average molecular weight is 326 g/mol. The molecular formula is C16H14ClF2NO2. The van der Waals surface area contributed by atoms with Crippen molar-refractivity contribution in [1.29, 1.82) is 0 Å². The Morgan fingerprint density at radius 2 is 1.86 bits per heavy atom. The number of nitrogens with one attached hydrogen (secondary N) is 1. The first-order valence-electron chi connectivity index (χ1n) is 6.60. The van der Waals surface area contributed by atoms with Crippen LogP contribution in [-0.4, -0.2) is 17.6 Å². The van der Waals surface area contributed by atoms with Crippen LogP contribution in [0.25, 0.3) is 0 Å². The quantitative estimate of drug-likeness (QED) is 0.888. The Balaban J connectivity index is 1.91. The van der Waals surface area contributed by atoms with Crippen LogP contribution in [0.15, 0.2) is 42.5 Å². The molecule has 2 N–H and O–H groups in total. The Morgan fingerprint density at radius 3 is 2.50 bits per heavy atom. The fraction of sp³-hybridized carbons (Fsp3) is 0.188. The maximum absolute atomic E-state index is 13.6. The topological polar surface area (TPSA) is 49.3 Å². The van der Waals surface area contributed by atoms with Crippen molar-refractivity contribution in [3.8, 4) is 0 Å². The number of amides is 1. The second-order valence-corrected chi connectivity index (χ2v) is 5.16. The zero-order valence-electron chi connectivity index (χ0n) is 11.5. The van der Waals surface area contributed by atoms with Gasteiger partial charge in [0.25, 0.3) is 0 Å². The van der Waals surface area contributed by atoms with Crippen LogP contribution in [0.3, 0.4) is 0 Å². The second-order valence-electron chi connectivity index (χ2n) is 4.75. The fourth-order valence-electron chi connectivity index (χ4n) is 1.94. The van der Waals surface area contributed by atoms with E-state index in [4.69, 9.17) is 11.6 Å². The third-order valence-corrected chi connectivity index (χ3v) is 3.50. The van der Waals surface area contributed by atoms with Crippen LogP contribution in [0.1, 0.15) is 17.2 Å². The van der Waals surface area contributed by atoms with Gasteiger partial charge in [0.2, 0.25) is 5.91 Å². The van der Waals surface area contributed by atoms with Crippen LogP contribution in [-0.2, 0) is 11.2 Å². The van der Waals surface area contributed by atoms with Crippen molar-refractivity contribution in [2.75, 3.05) is 6.54 Å². The van der Waals surface area contributed by atoms with Gasteiger partial charge in [0, 0.05) is 17.1 Å². The molecule has 2 aromatic rings. The molecule has 1 atom stereocenters. The monoisotopic (exact) mass is 325 g/mol. The highest BCUT2D eigenvalue weighted by Crippen LogP contribution is 2.19. The molecule has 3 nitrogen and oxygen atoms in total. The smallest absolute Gasteiger partial charge is 0.224 e. The van der Waals surface area contributed by atoms with Gasteiger partial charge in [-0.1, -0.05) is 29.8 Å². The van der Waals surface area contributed by atoms with Crippen molar-refractivity contribution >= 4 is 17.5 Å². The summed E-state index contributed by atoms with van der Waals surface area (Å²) in [5, 5.41) is 12.6. The van der Waals surface area contributed by atoms with Gasteiger partial charge in [-0.2, -0.15) is 0 Å². The largest absolute Gasteiger partial charge is 0.387 e. The van der Waals surface area contributed by atoms with Crippen molar-refractivity contribution in [3.63, 3.8) is 0 Å². The lowest BCUT2D eigenvalue weighted by Crippen LogP contribution is -2.30. The van der Waals surface area contributed by atoms with Crippen molar-refractivity contribution in [3.05, 3.63) is 70.2 Å². The van der Waals surface area contributed by atoms with Gasteiger partial charge in [0.05, 0.1) is 12.5 Å². The van der Waals surface area contributed by atoms with Crippen LogP contribution in [0.2, 0.25) is 5.02 Å². The van der Waals surface area contributed by atoms with E-state index in [1.165, 1.54) is 42.5 Å². The number of hydrogen-bond acceptors (Lipinski definition) is 2. The second kappa shape index (κ2) is 7.33. The molecule has 6 heteroatoms. The highest BCUT2D eigenvalue weighted by atomic mass is 35.5. The Labute approximate surface area is 131 Å². The molecule has 0 spiro atoms. The normalized spacial score (nSPS) is 12.0. The standard InChI is InChI=1S/C16H14ClF2NO2/c17-13-2-1-3-14(19)12(13)8-16(22)20-9-15(21)10-4-6-11(18)7-5-10/h1-7,15,21H,8-9H2,(H,20,22). The number of carbonyl (C=O) groups is 1. The van der Waals surface area contributed by atoms with E-state index in [0.29, 0.717) is 5.56 Å². The zero-order valence-corrected chi connectivity index (χ0v) is 12.3. The van der Waals surface area contributed by atoms with Crippen molar-refractivity contribution in [2.24, 2.45) is 0 Å². The highest BCUT2D eigenvalue weighted by molar-refractivity contribution is 6.31. The van der Waals surface area contributed by atoms with Crippen molar-refractivity contribution in [2.45, 2.75) is 12.5 Å². The molecule has 1 amide bonds. The molecule has 2 rings (SSSR count). The molecule has 1 unspecified atom stereocenters. The lowest BCUT2D eigenvalue weighted by atomic mass is 10.1. The van der Waals surface area contributed by atoms with Crippen molar-refractivity contribution < 1.29 is 18.7 Å². The highest BCUT2D eigenvalue weighted by Gasteiger charge is 2.14. The van der Waals surface area contributed by atoms with Gasteiger partial charge in [-0.05, 0) is 29.8 Å². The zero-order chi connectivity index (χ0) is 16.1. The minimum atomic E-state index is -0.972. The fourth-order valence-corrected chi connectivity index (χ4v) is 2.17. The number of aliphatic hydroxyl groups is 1. The third kappa shape index (κ3) is 4.26. The Hall–Kier alpha value is -1.98. The third-order valence-electron chi connectivity index (χ3n) is 3.15. The van der Waals surface area contributed by atoms with Crippen molar-refractivity contribution in [1.82, 2.24) is 5.32 Å². The minimum absolute atomic E-state index is 0.0590. The molecule has 0 saturated heterocycles.